The van der Waals surface area contributed by atoms with Crippen LogP contribution >= 0.6 is 15.9 Å². The Morgan fingerprint density at radius 2 is 1.88 bits per heavy atom. The van der Waals surface area contributed by atoms with Crippen molar-refractivity contribution in [3.63, 3.8) is 0 Å². The molecule has 0 radical (unpaired) electrons. The standard InChI is InChI=1S/C11H15BrF2N2/c1-3-6(2)11(16-15)10-8(13)4-7(12)5-9(10)14/h4-6,11,16H,3,15H2,1-2H3. The minimum absolute atomic E-state index is 0.0000463. The summed E-state index contributed by atoms with van der Waals surface area (Å²) in [6.45, 7) is 3.84. The smallest absolute Gasteiger partial charge is 0.132 e. The van der Waals surface area contributed by atoms with Gasteiger partial charge < -0.3 is 0 Å². The van der Waals surface area contributed by atoms with Crippen LogP contribution in [0.4, 0.5) is 8.78 Å². The second-order valence-electron chi connectivity index (χ2n) is 3.81. The van der Waals surface area contributed by atoms with Crippen LogP contribution in [-0.2, 0) is 0 Å². The molecule has 1 aromatic carbocycles. The van der Waals surface area contributed by atoms with Crippen molar-refractivity contribution < 1.29 is 8.78 Å². The van der Waals surface area contributed by atoms with Gasteiger partial charge >= 0.3 is 0 Å². The molecule has 90 valence electrons. The third-order valence-electron chi connectivity index (χ3n) is 2.75. The summed E-state index contributed by atoms with van der Waals surface area (Å²) in [6.07, 6.45) is 0.782. The van der Waals surface area contributed by atoms with E-state index in [9.17, 15) is 8.78 Å². The van der Waals surface area contributed by atoms with Gasteiger partial charge in [-0.15, -0.1) is 0 Å². The molecule has 0 saturated heterocycles. The van der Waals surface area contributed by atoms with Crippen LogP contribution in [0.1, 0.15) is 31.9 Å². The molecule has 2 nitrogen and oxygen atoms in total. The van der Waals surface area contributed by atoms with Gasteiger partial charge in [-0.2, -0.15) is 0 Å². The van der Waals surface area contributed by atoms with Crippen LogP contribution < -0.4 is 11.3 Å². The SMILES string of the molecule is CCC(C)C(NN)c1c(F)cc(Br)cc1F. The Labute approximate surface area is 102 Å². The Bertz CT molecular complexity index is 348. The highest BCUT2D eigenvalue weighted by molar-refractivity contribution is 9.10. The molecule has 0 fully saturated rings. The lowest BCUT2D eigenvalue weighted by Crippen LogP contribution is -2.33. The number of nitrogens with one attached hydrogen (secondary N) is 1. The van der Waals surface area contributed by atoms with Crippen molar-refractivity contribution in [3.05, 3.63) is 33.8 Å². The van der Waals surface area contributed by atoms with E-state index in [2.05, 4.69) is 21.4 Å². The van der Waals surface area contributed by atoms with E-state index in [4.69, 9.17) is 5.84 Å². The number of hydrogen-bond acceptors (Lipinski definition) is 2. The Morgan fingerprint density at radius 3 is 2.25 bits per heavy atom. The molecule has 0 amide bonds. The van der Waals surface area contributed by atoms with Crippen LogP contribution in [0.5, 0.6) is 0 Å². The first-order valence-electron chi connectivity index (χ1n) is 5.11. The molecule has 0 saturated carbocycles. The Hall–Kier alpha value is -0.520. The zero-order valence-electron chi connectivity index (χ0n) is 9.23. The molecule has 0 aliphatic carbocycles. The van der Waals surface area contributed by atoms with E-state index in [0.717, 1.165) is 6.42 Å². The predicted molar refractivity (Wildman–Crippen MR) is 63.6 cm³/mol. The molecule has 16 heavy (non-hydrogen) atoms. The van der Waals surface area contributed by atoms with Gasteiger partial charge in [0.25, 0.3) is 0 Å². The van der Waals surface area contributed by atoms with Gasteiger partial charge in [-0.05, 0) is 18.1 Å². The van der Waals surface area contributed by atoms with Crippen molar-refractivity contribution in [2.45, 2.75) is 26.3 Å². The van der Waals surface area contributed by atoms with E-state index in [1.54, 1.807) is 0 Å². The maximum absolute atomic E-state index is 13.7. The van der Waals surface area contributed by atoms with Crippen LogP contribution in [0.2, 0.25) is 0 Å². The first-order chi connectivity index (χ1) is 7.51. The summed E-state index contributed by atoms with van der Waals surface area (Å²) in [5, 5.41) is 0. The highest BCUT2D eigenvalue weighted by Crippen LogP contribution is 2.30. The number of hydrazine groups is 1. The summed E-state index contributed by atoms with van der Waals surface area (Å²) in [6, 6.07) is 1.97. The summed E-state index contributed by atoms with van der Waals surface area (Å²) in [5.74, 6) is 4.24. The van der Waals surface area contributed by atoms with E-state index in [-0.39, 0.29) is 11.5 Å². The Kier molecular flexibility index (Phi) is 4.83. The van der Waals surface area contributed by atoms with Crippen LogP contribution in [0.3, 0.4) is 0 Å². The van der Waals surface area contributed by atoms with Crippen molar-refractivity contribution in [2.75, 3.05) is 0 Å². The van der Waals surface area contributed by atoms with E-state index in [1.165, 1.54) is 12.1 Å². The van der Waals surface area contributed by atoms with E-state index < -0.39 is 17.7 Å². The van der Waals surface area contributed by atoms with Crippen molar-refractivity contribution >= 4 is 15.9 Å². The fourth-order valence-corrected chi connectivity index (χ4v) is 2.02. The van der Waals surface area contributed by atoms with E-state index >= 15 is 0 Å². The molecule has 2 atom stereocenters. The molecule has 2 unspecified atom stereocenters. The van der Waals surface area contributed by atoms with Crippen LogP contribution in [0, 0.1) is 17.6 Å². The third-order valence-corrected chi connectivity index (χ3v) is 3.21. The van der Waals surface area contributed by atoms with Crippen LogP contribution in [0.25, 0.3) is 0 Å². The normalized spacial score (nSPS) is 14.9. The largest absolute Gasteiger partial charge is 0.271 e. The van der Waals surface area contributed by atoms with Gasteiger partial charge in [0.05, 0.1) is 6.04 Å². The van der Waals surface area contributed by atoms with Gasteiger partial charge in [0, 0.05) is 10.0 Å². The topological polar surface area (TPSA) is 38.0 Å². The highest BCUT2D eigenvalue weighted by atomic mass is 79.9. The molecule has 3 N–H and O–H groups in total. The maximum Gasteiger partial charge on any atom is 0.132 e. The molecule has 0 heterocycles. The van der Waals surface area contributed by atoms with Gasteiger partial charge in [0.1, 0.15) is 11.6 Å². The van der Waals surface area contributed by atoms with Gasteiger partial charge in [0.2, 0.25) is 0 Å². The number of hydrogen-bond donors (Lipinski definition) is 2. The molecule has 1 rings (SSSR count). The molecule has 0 bridgehead atoms. The maximum atomic E-state index is 13.7. The first kappa shape index (κ1) is 13.5. The zero-order chi connectivity index (χ0) is 12.3. The zero-order valence-corrected chi connectivity index (χ0v) is 10.8. The highest BCUT2D eigenvalue weighted by Gasteiger charge is 2.24. The minimum atomic E-state index is -0.588. The van der Waals surface area contributed by atoms with Crippen LogP contribution in [-0.4, -0.2) is 0 Å². The molecule has 0 aliphatic heterocycles. The lowest BCUT2D eigenvalue weighted by molar-refractivity contribution is 0.357. The summed E-state index contributed by atoms with van der Waals surface area (Å²) < 4.78 is 27.7. The van der Waals surface area contributed by atoms with Gasteiger partial charge in [0.15, 0.2) is 0 Å². The third kappa shape index (κ3) is 2.78. The summed E-state index contributed by atoms with van der Waals surface area (Å²) in [5.41, 5.74) is 2.47. The van der Waals surface area contributed by atoms with Gasteiger partial charge in [-0.1, -0.05) is 36.2 Å². The fraction of sp³-hybridized carbons (Fsp3) is 0.455. The van der Waals surface area contributed by atoms with Crippen molar-refractivity contribution in [3.8, 4) is 0 Å². The average molecular weight is 293 g/mol. The summed E-state index contributed by atoms with van der Waals surface area (Å²) >= 11 is 3.04. The lowest BCUT2D eigenvalue weighted by atomic mass is 9.92. The second kappa shape index (κ2) is 5.70. The van der Waals surface area contributed by atoms with Gasteiger partial charge in [-0.25, -0.2) is 8.78 Å². The van der Waals surface area contributed by atoms with Gasteiger partial charge in [-0.3, -0.25) is 11.3 Å². The monoisotopic (exact) mass is 292 g/mol. The summed E-state index contributed by atoms with van der Waals surface area (Å²) in [4.78, 5) is 0. The van der Waals surface area contributed by atoms with Crippen molar-refractivity contribution in [2.24, 2.45) is 11.8 Å². The number of nitrogens with two attached hydrogens (primary N) is 1. The molecule has 0 spiro atoms. The number of benzene rings is 1. The average Bonchev–Trinajstić information content (AvgIpc) is 2.22. The quantitative estimate of drug-likeness (QED) is 0.660. The first-order valence-corrected chi connectivity index (χ1v) is 5.91. The molecular weight excluding hydrogens is 278 g/mol. The second-order valence-corrected chi connectivity index (χ2v) is 4.73. The Balaban J connectivity index is 3.19. The molecule has 1 aromatic rings. The van der Waals surface area contributed by atoms with E-state index in [0.29, 0.717) is 4.47 Å². The van der Waals surface area contributed by atoms with Crippen LogP contribution in [0.15, 0.2) is 16.6 Å². The molecule has 0 aliphatic rings. The van der Waals surface area contributed by atoms with E-state index in [1.807, 2.05) is 13.8 Å². The number of halogens is 3. The predicted octanol–water partition coefficient (Wildman–Crippen LogP) is 3.28. The molecule has 0 aromatic heterocycles. The Morgan fingerprint density at radius 1 is 1.38 bits per heavy atom. The van der Waals surface area contributed by atoms with Crippen molar-refractivity contribution in [1.29, 1.82) is 0 Å². The van der Waals surface area contributed by atoms with Crippen molar-refractivity contribution in [1.82, 2.24) is 5.43 Å². The lowest BCUT2D eigenvalue weighted by Gasteiger charge is -2.23. The minimum Gasteiger partial charge on any atom is -0.271 e. The fourth-order valence-electron chi connectivity index (χ4n) is 1.62. The summed E-state index contributed by atoms with van der Waals surface area (Å²) in [7, 11) is 0. The molecule has 5 heteroatoms. The molecular formula is C11H15BrF2N2. The number of rotatable bonds is 4.